The summed E-state index contributed by atoms with van der Waals surface area (Å²) in [6.07, 6.45) is 1.28. The van der Waals surface area contributed by atoms with Gasteiger partial charge in [-0.3, -0.25) is 9.59 Å². The highest BCUT2D eigenvalue weighted by Gasteiger charge is 2.11. The molecule has 0 bridgehead atoms. The molecule has 3 aromatic carbocycles. The van der Waals surface area contributed by atoms with Crippen LogP contribution in [0.4, 0.5) is 0 Å². The van der Waals surface area contributed by atoms with E-state index in [4.69, 9.17) is 13.9 Å². The quantitative estimate of drug-likeness (QED) is 0.471. The van der Waals surface area contributed by atoms with E-state index in [2.05, 4.69) is 5.32 Å². The van der Waals surface area contributed by atoms with Crippen LogP contribution in [0.3, 0.4) is 0 Å². The molecule has 1 aromatic heterocycles. The minimum atomic E-state index is -0.288. The van der Waals surface area contributed by atoms with Crippen LogP contribution in [-0.2, 0) is 4.79 Å². The Hall–Kier alpha value is -4.06. The van der Waals surface area contributed by atoms with E-state index in [1.807, 2.05) is 61.5 Å². The predicted molar refractivity (Wildman–Crippen MR) is 119 cm³/mol. The first-order valence-corrected chi connectivity index (χ1v) is 9.92. The van der Waals surface area contributed by atoms with Gasteiger partial charge in [0.2, 0.25) is 11.2 Å². The van der Waals surface area contributed by atoms with E-state index in [0.717, 1.165) is 11.1 Å². The number of carbonyl (C=O) groups is 1. The van der Waals surface area contributed by atoms with Crippen molar-refractivity contribution in [3.63, 3.8) is 0 Å². The smallest absolute Gasteiger partial charge is 0.257 e. The average Bonchev–Trinajstić information content (AvgIpc) is 2.81. The summed E-state index contributed by atoms with van der Waals surface area (Å²) < 4.78 is 16.8. The second-order valence-corrected chi connectivity index (χ2v) is 6.82. The summed E-state index contributed by atoms with van der Waals surface area (Å²) in [5.41, 5.74) is 2.22. The zero-order chi connectivity index (χ0) is 21.6. The van der Waals surface area contributed by atoms with E-state index in [1.165, 1.54) is 6.26 Å². The van der Waals surface area contributed by atoms with E-state index in [1.54, 1.807) is 18.2 Å². The summed E-state index contributed by atoms with van der Waals surface area (Å²) in [5.74, 6) is 0.849. The number of hydrogen-bond donors (Lipinski definition) is 1. The van der Waals surface area contributed by atoms with Crippen LogP contribution in [0.2, 0.25) is 0 Å². The minimum absolute atomic E-state index is 0.0935. The molecule has 1 heterocycles. The Morgan fingerprint density at radius 1 is 0.935 bits per heavy atom. The fourth-order valence-corrected chi connectivity index (χ4v) is 3.12. The molecule has 0 saturated heterocycles. The average molecular weight is 415 g/mol. The van der Waals surface area contributed by atoms with Gasteiger partial charge < -0.3 is 19.2 Å². The van der Waals surface area contributed by atoms with Crippen molar-refractivity contribution >= 4 is 16.9 Å². The van der Waals surface area contributed by atoms with Crippen LogP contribution in [0.5, 0.6) is 17.2 Å². The van der Waals surface area contributed by atoms with E-state index in [0.29, 0.717) is 29.0 Å². The lowest BCUT2D eigenvalue weighted by atomic mass is 10.1. The van der Waals surface area contributed by atoms with E-state index in [9.17, 15) is 9.59 Å². The molecular formula is C25H21NO5. The maximum Gasteiger partial charge on any atom is 0.257 e. The van der Waals surface area contributed by atoms with Crippen molar-refractivity contribution in [2.75, 3.05) is 13.2 Å². The molecule has 0 saturated carbocycles. The van der Waals surface area contributed by atoms with E-state index in [-0.39, 0.29) is 23.7 Å². The molecule has 0 fully saturated rings. The van der Waals surface area contributed by atoms with Crippen molar-refractivity contribution < 1.29 is 18.7 Å². The molecule has 6 heteroatoms. The molecule has 0 aliphatic rings. The van der Waals surface area contributed by atoms with Gasteiger partial charge in [-0.25, -0.2) is 0 Å². The molecule has 0 aliphatic heterocycles. The molecule has 0 aliphatic carbocycles. The van der Waals surface area contributed by atoms with Gasteiger partial charge in [0.1, 0.15) is 23.3 Å². The van der Waals surface area contributed by atoms with Crippen LogP contribution in [0.15, 0.2) is 88.3 Å². The fourth-order valence-electron chi connectivity index (χ4n) is 3.12. The molecule has 4 aromatic rings. The zero-order valence-electron chi connectivity index (χ0n) is 17.0. The Morgan fingerprint density at radius 2 is 1.65 bits per heavy atom. The molecule has 1 N–H and O–H groups in total. The molecule has 0 radical (unpaired) electrons. The first-order chi connectivity index (χ1) is 15.1. The molecule has 156 valence electrons. The Labute approximate surface area is 179 Å². The van der Waals surface area contributed by atoms with Gasteiger partial charge in [-0.15, -0.1) is 0 Å². The van der Waals surface area contributed by atoms with Gasteiger partial charge in [-0.2, -0.15) is 0 Å². The van der Waals surface area contributed by atoms with Crippen molar-refractivity contribution in [3.05, 3.63) is 89.3 Å². The van der Waals surface area contributed by atoms with Crippen LogP contribution in [0, 0.1) is 0 Å². The van der Waals surface area contributed by atoms with E-state index >= 15 is 0 Å². The van der Waals surface area contributed by atoms with Crippen LogP contribution >= 0.6 is 0 Å². The number of nitrogens with one attached hydrogen (secondary N) is 1. The third-order valence-corrected chi connectivity index (χ3v) is 4.65. The lowest BCUT2D eigenvalue weighted by Crippen LogP contribution is -2.28. The predicted octanol–water partition coefficient (Wildman–Crippen LogP) is 4.77. The largest absolute Gasteiger partial charge is 0.484 e. The highest BCUT2D eigenvalue weighted by atomic mass is 16.5. The Balaban J connectivity index is 1.51. The molecule has 31 heavy (non-hydrogen) atoms. The van der Waals surface area contributed by atoms with Crippen molar-refractivity contribution in [3.8, 4) is 28.4 Å². The first-order valence-electron chi connectivity index (χ1n) is 9.92. The van der Waals surface area contributed by atoms with Gasteiger partial charge in [-0.1, -0.05) is 42.5 Å². The number of carbonyl (C=O) groups excluding carboxylic acids is 1. The summed E-state index contributed by atoms with van der Waals surface area (Å²) in [5, 5.41) is 3.02. The van der Waals surface area contributed by atoms with Gasteiger partial charge in [0.25, 0.3) is 5.91 Å². The standard InChI is InChI=1S/C25H21NO5/c1-2-26-24(27)16-29-20-12-13-21-22(14-20)30-15-23(25(21)28)31-19-10-8-18(9-11-19)17-6-4-3-5-7-17/h3-15H,2,16H2,1H3,(H,26,27). The van der Waals surface area contributed by atoms with Gasteiger partial charge >= 0.3 is 0 Å². The van der Waals surface area contributed by atoms with Crippen LogP contribution in [0.25, 0.3) is 22.1 Å². The number of ether oxygens (including phenoxy) is 2. The van der Waals surface area contributed by atoms with Crippen LogP contribution < -0.4 is 20.2 Å². The number of fused-ring (bicyclic) bond motifs is 1. The first kappa shape index (κ1) is 20.2. The van der Waals surface area contributed by atoms with E-state index < -0.39 is 0 Å². The Bertz CT molecular complexity index is 1250. The lowest BCUT2D eigenvalue weighted by Gasteiger charge is -2.09. The molecule has 0 atom stereocenters. The fraction of sp³-hybridized carbons (Fsp3) is 0.120. The molecule has 0 spiro atoms. The number of benzene rings is 3. The van der Waals surface area contributed by atoms with Crippen molar-refractivity contribution in [1.29, 1.82) is 0 Å². The third kappa shape index (κ3) is 4.75. The minimum Gasteiger partial charge on any atom is -0.484 e. The van der Waals surface area contributed by atoms with Gasteiger partial charge in [-0.05, 0) is 42.3 Å². The molecule has 6 nitrogen and oxygen atoms in total. The summed E-state index contributed by atoms with van der Waals surface area (Å²) in [6.45, 7) is 2.26. The van der Waals surface area contributed by atoms with Crippen molar-refractivity contribution in [2.24, 2.45) is 0 Å². The normalized spacial score (nSPS) is 10.6. The SMILES string of the molecule is CCNC(=O)COc1ccc2c(=O)c(Oc3ccc(-c4ccccc4)cc3)coc2c1. The van der Waals surface area contributed by atoms with Crippen LogP contribution in [-0.4, -0.2) is 19.1 Å². The zero-order valence-corrected chi connectivity index (χ0v) is 17.0. The molecule has 4 rings (SSSR count). The summed E-state index contributed by atoms with van der Waals surface area (Å²) in [4.78, 5) is 24.3. The summed E-state index contributed by atoms with van der Waals surface area (Å²) in [6, 6.07) is 22.3. The number of amides is 1. The van der Waals surface area contributed by atoms with Gasteiger partial charge in [0.15, 0.2) is 6.61 Å². The van der Waals surface area contributed by atoms with Crippen molar-refractivity contribution in [2.45, 2.75) is 6.92 Å². The van der Waals surface area contributed by atoms with Crippen molar-refractivity contribution in [1.82, 2.24) is 5.32 Å². The molecular weight excluding hydrogens is 394 g/mol. The van der Waals surface area contributed by atoms with Crippen LogP contribution in [0.1, 0.15) is 6.92 Å². The summed E-state index contributed by atoms with van der Waals surface area (Å²) >= 11 is 0. The highest BCUT2D eigenvalue weighted by Crippen LogP contribution is 2.26. The topological polar surface area (TPSA) is 77.8 Å². The monoisotopic (exact) mass is 415 g/mol. The second-order valence-electron chi connectivity index (χ2n) is 6.82. The number of hydrogen-bond acceptors (Lipinski definition) is 5. The maximum atomic E-state index is 12.8. The summed E-state index contributed by atoms with van der Waals surface area (Å²) in [7, 11) is 0. The lowest BCUT2D eigenvalue weighted by molar-refractivity contribution is -0.122. The van der Waals surface area contributed by atoms with Gasteiger partial charge in [0, 0.05) is 12.6 Å². The molecule has 1 amide bonds. The number of likely N-dealkylation sites (N-methyl/N-ethyl adjacent to an activating group) is 1. The van der Waals surface area contributed by atoms with Gasteiger partial charge in [0.05, 0.1) is 5.39 Å². The molecule has 0 unspecified atom stereocenters. The third-order valence-electron chi connectivity index (χ3n) is 4.65. The Morgan fingerprint density at radius 3 is 2.39 bits per heavy atom. The Kier molecular flexibility index (Phi) is 5.98. The highest BCUT2D eigenvalue weighted by molar-refractivity contribution is 5.80. The maximum absolute atomic E-state index is 12.8. The second kappa shape index (κ2) is 9.17. The number of rotatable bonds is 7.